The van der Waals surface area contributed by atoms with Crippen molar-refractivity contribution in [2.24, 2.45) is 7.05 Å². The molecule has 4 rings (SSSR count). The second-order valence-corrected chi connectivity index (χ2v) is 8.26. The zero-order chi connectivity index (χ0) is 22.8. The van der Waals surface area contributed by atoms with Crippen LogP contribution < -0.4 is 15.8 Å². The molecule has 32 heavy (non-hydrogen) atoms. The SMILES string of the molecule is Cc1nn(C)c(C)c1NC(=O)CN1CCN(c2cnn(-c3ccccc3)c(=O)c2Cl)CC1. The highest BCUT2D eigenvalue weighted by Crippen LogP contribution is 2.23. The first kappa shape index (κ1) is 22.0. The fourth-order valence-electron chi connectivity index (χ4n) is 3.88. The highest BCUT2D eigenvalue weighted by Gasteiger charge is 2.23. The summed E-state index contributed by atoms with van der Waals surface area (Å²) >= 11 is 6.42. The number of para-hydroxylation sites is 1. The maximum atomic E-state index is 12.7. The molecule has 0 radical (unpaired) electrons. The van der Waals surface area contributed by atoms with Crippen molar-refractivity contribution in [2.45, 2.75) is 13.8 Å². The molecule has 3 heterocycles. The van der Waals surface area contributed by atoms with Gasteiger partial charge in [0.2, 0.25) is 5.91 Å². The van der Waals surface area contributed by atoms with Crippen molar-refractivity contribution in [1.82, 2.24) is 24.5 Å². The van der Waals surface area contributed by atoms with Gasteiger partial charge in [0, 0.05) is 33.2 Å². The molecule has 1 saturated heterocycles. The number of piperazine rings is 1. The fraction of sp³-hybridized carbons (Fsp3) is 0.364. The Kier molecular flexibility index (Phi) is 6.29. The van der Waals surface area contributed by atoms with Crippen LogP contribution in [0.1, 0.15) is 11.4 Å². The van der Waals surface area contributed by atoms with Gasteiger partial charge in [-0.2, -0.15) is 14.9 Å². The number of carbonyl (C=O) groups excluding carboxylic acids is 1. The first-order valence-corrected chi connectivity index (χ1v) is 10.8. The number of hydrogen-bond donors (Lipinski definition) is 1. The number of hydrogen-bond acceptors (Lipinski definition) is 6. The van der Waals surface area contributed by atoms with E-state index in [1.165, 1.54) is 4.68 Å². The molecule has 1 aromatic carbocycles. The fourth-order valence-corrected chi connectivity index (χ4v) is 4.13. The van der Waals surface area contributed by atoms with Crippen LogP contribution in [0.15, 0.2) is 41.3 Å². The number of anilines is 2. The maximum Gasteiger partial charge on any atom is 0.292 e. The van der Waals surface area contributed by atoms with Crippen molar-refractivity contribution >= 4 is 28.9 Å². The largest absolute Gasteiger partial charge is 0.366 e. The lowest BCUT2D eigenvalue weighted by Gasteiger charge is -2.35. The summed E-state index contributed by atoms with van der Waals surface area (Å²) in [6.07, 6.45) is 1.63. The number of carbonyl (C=O) groups is 1. The summed E-state index contributed by atoms with van der Waals surface area (Å²) in [6.45, 7) is 6.75. The maximum absolute atomic E-state index is 12.7. The highest BCUT2D eigenvalue weighted by atomic mass is 35.5. The number of rotatable bonds is 5. The van der Waals surface area contributed by atoms with Crippen LogP contribution in [0.3, 0.4) is 0 Å². The van der Waals surface area contributed by atoms with Crippen molar-refractivity contribution < 1.29 is 4.79 Å². The summed E-state index contributed by atoms with van der Waals surface area (Å²) in [5.41, 5.74) is 3.44. The Morgan fingerprint density at radius 2 is 1.81 bits per heavy atom. The van der Waals surface area contributed by atoms with Crippen LogP contribution >= 0.6 is 11.6 Å². The van der Waals surface area contributed by atoms with Crippen molar-refractivity contribution in [2.75, 3.05) is 42.9 Å². The van der Waals surface area contributed by atoms with Gasteiger partial charge in [-0.05, 0) is 26.0 Å². The van der Waals surface area contributed by atoms with Gasteiger partial charge in [0.05, 0.1) is 41.2 Å². The summed E-state index contributed by atoms with van der Waals surface area (Å²) in [6, 6.07) is 9.18. The molecule has 1 amide bonds. The van der Waals surface area contributed by atoms with Crippen LogP contribution in [0.2, 0.25) is 5.02 Å². The summed E-state index contributed by atoms with van der Waals surface area (Å²) in [4.78, 5) is 29.4. The van der Waals surface area contributed by atoms with Gasteiger partial charge in [-0.25, -0.2) is 0 Å². The van der Waals surface area contributed by atoms with Crippen LogP contribution in [-0.4, -0.2) is 63.1 Å². The third-order valence-corrected chi connectivity index (χ3v) is 6.11. The van der Waals surface area contributed by atoms with Gasteiger partial charge < -0.3 is 10.2 Å². The van der Waals surface area contributed by atoms with Crippen molar-refractivity contribution in [3.8, 4) is 5.69 Å². The third-order valence-electron chi connectivity index (χ3n) is 5.75. The molecule has 0 atom stereocenters. The second-order valence-electron chi connectivity index (χ2n) is 7.88. The molecule has 168 valence electrons. The molecule has 10 heteroatoms. The molecule has 1 fully saturated rings. The van der Waals surface area contributed by atoms with Crippen molar-refractivity contribution in [3.05, 3.63) is 63.3 Å². The van der Waals surface area contributed by atoms with E-state index in [1.807, 2.05) is 56.1 Å². The Morgan fingerprint density at radius 1 is 1.12 bits per heavy atom. The van der Waals surface area contributed by atoms with E-state index in [-0.39, 0.29) is 16.5 Å². The molecule has 3 aromatic rings. The molecular weight excluding hydrogens is 430 g/mol. The predicted octanol–water partition coefficient (Wildman–Crippen LogP) is 2.00. The Balaban J connectivity index is 1.38. The lowest BCUT2D eigenvalue weighted by molar-refractivity contribution is -0.117. The quantitative estimate of drug-likeness (QED) is 0.633. The number of halogens is 1. The third kappa shape index (κ3) is 4.39. The van der Waals surface area contributed by atoms with Crippen molar-refractivity contribution in [3.63, 3.8) is 0 Å². The number of nitrogens with zero attached hydrogens (tertiary/aromatic N) is 6. The summed E-state index contributed by atoms with van der Waals surface area (Å²) in [5.74, 6) is -0.0668. The lowest BCUT2D eigenvalue weighted by atomic mass is 10.2. The molecule has 1 aliphatic heterocycles. The van der Waals surface area contributed by atoms with Crippen LogP contribution in [0.25, 0.3) is 5.69 Å². The van der Waals surface area contributed by atoms with E-state index < -0.39 is 0 Å². The van der Waals surface area contributed by atoms with E-state index in [1.54, 1.807) is 10.9 Å². The van der Waals surface area contributed by atoms with E-state index in [4.69, 9.17) is 11.6 Å². The average molecular weight is 456 g/mol. The molecule has 1 aliphatic rings. The van der Waals surface area contributed by atoms with Crippen molar-refractivity contribution in [1.29, 1.82) is 0 Å². The van der Waals surface area contributed by atoms with E-state index >= 15 is 0 Å². The number of aryl methyl sites for hydroxylation is 2. The molecule has 0 bridgehead atoms. The van der Waals surface area contributed by atoms with Crippen LogP contribution in [0.4, 0.5) is 11.4 Å². The zero-order valence-electron chi connectivity index (χ0n) is 18.4. The average Bonchev–Trinajstić information content (AvgIpc) is 3.03. The van der Waals surface area contributed by atoms with Gasteiger partial charge in [-0.1, -0.05) is 29.8 Å². The highest BCUT2D eigenvalue weighted by molar-refractivity contribution is 6.33. The minimum Gasteiger partial charge on any atom is -0.366 e. The molecular formula is C22H26ClN7O2. The van der Waals surface area contributed by atoms with E-state index in [0.29, 0.717) is 44.1 Å². The van der Waals surface area contributed by atoms with Gasteiger partial charge in [-0.3, -0.25) is 19.2 Å². The van der Waals surface area contributed by atoms with E-state index in [0.717, 1.165) is 17.1 Å². The van der Waals surface area contributed by atoms with Gasteiger partial charge in [-0.15, -0.1) is 0 Å². The molecule has 0 unspecified atom stereocenters. The van der Waals surface area contributed by atoms with Crippen LogP contribution in [-0.2, 0) is 11.8 Å². The van der Waals surface area contributed by atoms with Crippen LogP contribution in [0.5, 0.6) is 0 Å². The number of amides is 1. The number of nitrogens with one attached hydrogen (secondary N) is 1. The summed E-state index contributed by atoms with van der Waals surface area (Å²) in [7, 11) is 1.86. The Bertz CT molecular complexity index is 1180. The lowest BCUT2D eigenvalue weighted by Crippen LogP contribution is -2.49. The molecule has 0 saturated carbocycles. The van der Waals surface area contributed by atoms with E-state index in [2.05, 4.69) is 20.4 Å². The van der Waals surface area contributed by atoms with Gasteiger partial charge >= 0.3 is 0 Å². The number of aromatic nitrogens is 4. The predicted molar refractivity (Wildman–Crippen MR) is 125 cm³/mol. The normalized spacial score (nSPS) is 14.6. The first-order chi connectivity index (χ1) is 15.3. The minimum atomic E-state index is -0.348. The molecule has 9 nitrogen and oxygen atoms in total. The summed E-state index contributed by atoms with van der Waals surface area (Å²) < 4.78 is 3.06. The molecule has 1 N–H and O–H groups in total. The topological polar surface area (TPSA) is 88.3 Å². The van der Waals surface area contributed by atoms with Gasteiger partial charge in [0.15, 0.2) is 0 Å². The minimum absolute atomic E-state index is 0.0668. The molecule has 0 spiro atoms. The Labute approximate surface area is 191 Å². The van der Waals surface area contributed by atoms with E-state index in [9.17, 15) is 9.59 Å². The smallest absolute Gasteiger partial charge is 0.292 e. The van der Waals surface area contributed by atoms with Gasteiger partial charge in [0.1, 0.15) is 5.02 Å². The second kappa shape index (κ2) is 9.13. The number of benzene rings is 1. The summed E-state index contributed by atoms with van der Waals surface area (Å²) in [5, 5.41) is 11.8. The van der Waals surface area contributed by atoms with Gasteiger partial charge in [0.25, 0.3) is 5.56 Å². The Hall–Kier alpha value is -3.17. The van der Waals surface area contributed by atoms with Crippen LogP contribution in [0, 0.1) is 13.8 Å². The standard InChI is InChI=1S/C22H26ClN7O2/c1-15-21(16(2)27(3)26-15)25-19(31)14-28-9-11-29(12-10-28)18-13-24-30(22(32)20(18)23)17-7-5-4-6-8-17/h4-8,13H,9-12,14H2,1-3H3,(H,25,31). The zero-order valence-corrected chi connectivity index (χ0v) is 19.1. The molecule has 0 aliphatic carbocycles. The monoisotopic (exact) mass is 455 g/mol. The Morgan fingerprint density at radius 3 is 2.44 bits per heavy atom. The molecule has 2 aromatic heterocycles. The first-order valence-electron chi connectivity index (χ1n) is 10.5.